The van der Waals surface area contributed by atoms with Gasteiger partial charge in [0.2, 0.25) is 0 Å². The van der Waals surface area contributed by atoms with Crippen LogP contribution in [-0.4, -0.2) is 25.0 Å². The SMILES string of the molecule is COC(C(=O)N(C)C(C)c1cccc2ccccc12)c1cc(F)cc(F)c1. The number of amides is 1. The maximum Gasteiger partial charge on any atom is 0.256 e. The van der Waals surface area contributed by atoms with Crippen molar-refractivity contribution in [3.63, 3.8) is 0 Å². The molecule has 1 amide bonds. The van der Waals surface area contributed by atoms with E-state index in [1.54, 1.807) is 11.9 Å². The molecule has 2 unspecified atom stereocenters. The Morgan fingerprint density at radius 1 is 1.00 bits per heavy atom. The average Bonchev–Trinajstić information content (AvgIpc) is 2.66. The summed E-state index contributed by atoms with van der Waals surface area (Å²) in [5.74, 6) is -1.86. The van der Waals surface area contributed by atoms with E-state index < -0.39 is 17.7 Å². The van der Waals surface area contributed by atoms with Crippen LogP contribution in [0.25, 0.3) is 10.8 Å². The Labute approximate surface area is 157 Å². The van der Waals surface area contributed by atoms with Crippen molar-refractivity contribution in [2.45, 2.75) is 19.1 Å². The minimum Gasteiger partial charge on any atom is -0.367 e. The summed E-state index contributed by atoms with van der Waals surface area (Å²) in [6, 6.07) is 16.6. The van der Waals surface area contributed by atoms with Crippen molar-refractivity contribution in [2.24, 2.45) is 0 Å². The number of methoxy groups -OCH3 is 1. The Balaban J connectivity index is 1.93. The standard InChI is InChI=1S/C22H21F2NO2/c1-14(19-10-6-8-15-7-4-5-9-20(15)19)25(2)22(26)21(27-3)16-11-17(23)13-18(24)12-16/h4-14,21H,1-3H3. The van der Waals surface area contributed by atoms with E-state index >= 15 is 0 Å². The number of ether oxygens (including phenoxy) is 1. The third-order valence-corrected chi connectivity index (χ3v) is 4.85. The molecule has 140 valence electrons. The summed E-state index contributed by atoms with van der Waals surface area (Å²) in [4.78, 5) is 14.5. The first kappa shape index (κ1) is 19.0. The number of rotatable bonds is 5. The molecule has 27 heavy (non-hydrogen) atoms. The van der Waals surface area contributed by atoms with Crippen LogP contribution in [0.2, 0.25) is 0 Å². The molecule has 3 aromatic rings. The number of halogens is 2. The van der Waals surface area contributed by atoms with Crippen LogP contribution in [0.15, 0.2) is 60.7 Å². The first-order valence-corrected chi connectivity index (χ1v) is 8.65. The van der Waals surface area contributed by atoms with Crippen LogP contribution < -0.4 is 0 Å². The van der Waals surface area contributed by atoms with E-state index in [1.807, 2.05) is 49.4 Å². The second-order valence-corrected chi connectivity index (χ2v) is 6.51. The number of hydrogen-bond donors (Lipinski definition) is 0. The number of fused-ring (bicyclic) bond motifs is 1. The van der Waals surface area contributed by atoms with Crippen LogP contribution in [0.4, 0.5) is 8.78 Å². The zero-order chi connectivity index (χ0) is 19.6. The van der Waals surface area contributed by atoms with Gasteiger partial charge >= 0.3 is 0 Å². The fourth-order valence-corrected chi connectivity index (χ4v) is 3.31. The third kappa shape index (κ3) is 3.83. The van der Waals surface area contributed by atoms with Gasteiger partial charge in [-0.2, -0.15) is 0 Å². The first-order chi connectivity index (χ1) is 12.9. The molecule has 3 rings (SSSR count). The summed E-state index contributed by atoms with van der Waals surface area (Å²) >= 11 is 0. The molecule has 5 heteroatoms. The van der Waals surface area contributed by atoms with E-state index in [-0.39, 0.29) is 17.5 Å². The van der Waals surface area contributed by atoms with Crippen molar-refractivity contribution in [1.29, 1.82) is 0 Å². The summed E-state index contributed by atoms with van der Waals surface area (Å²) in [6.07, 6.45) is -1.09. The molecular weight excluding hydrogens is 348 g/mol. The van der Waals surface area contributed by atoms with Crippen LogP contribution in [0.1, 0.15) is 30.2 Å². The summed E-state index contributed by atoms with van der Waals surface area (Å²) < 4.78 is 32.4. The van der Waals surface area contributed by atoms with Gasteiger partial charge in [0.15, 0.2) is 6.10 Å². The van der Waals surface area contributed by atoms with Gasteiger partial charge in [0.05, 0.1) is 6.04 Å². The van der Waals surface area contributed by atoms with Crippen molar-refractivity contribution < 1.29 is 18.3 Å². The van der Waals surface area contributed by atoms with Crippen LogP contribution in [0.3, 0.4) is 0 Å². The van der Waals surface area contributed by atoms with Crippen LogP contribution in [0.5, 0.6) is 0 Å². The molecule has 3 aromatic carbocycles. The van der Waals surface area contributed by atoms with E-state index in [1.165, 1.54) is 7.11 Å². The Morgan fingerprint density at radius 2 is 1.63 bits per heavy atom. The summed E-state index contributed by atoms with van der Waals surface area (Å²) in [5.41, 5.74) is 1.14. The number of hydrogen-bond acceptors (Lipinski definition) is 2. The maximum absolute atomic E-state index is 13.6. The molecule has 2 atom stereocenters. The highest BCUT2D eigenvalue weighted by molar-refractivity contribution is 5.87. The molecule has 0 aliphatic heterocycles. The van der Waals surface area contributed by atoms with Crippen molar-refractivity contribution in [3.05, 3.63) is 83.4 Å². The van der Waals surface area contributed by atoms with Crippen molar-refractivity contribution in [3.8, 4) is 0 Å². The lowest BCUT2D eigenvalue weighted by Crippen LogP contribution is -2.34. The van der Waals surface area contributed by atoms with Gasteiger partial charge in [0.1, 0.15) is 11.6 Å². The average molecular weight is 369 g/mol. The molecule has 0 heterocycles. The quantitative estimate of drug-likeness (QED) is 0.632. The fourth-order valence-electron chi connectivity index (χ4n) is 3.31. The lowest BCUT2D eigenvalue weighted by atomic mass is 9.98. The molecule has 3 nitrogen and oxygen atoms in total. The smallest absolute Gasteiger partial charge is 0.256 e. The third-order valence-electron chi connectivity index (χ3n) is 4.85. The van der Waals surface area contributed by atoms with Gasteiger partial charge in [-0.05, 0) is 41.0 Å². The van der Waals surface area contributed by atoms with Gasteiger partial charge in [-0.1, -0.05) is 42.5 Å². The van der Waals surface area contributed by atoms with Gasteiger partial charge in [0, 0.05) is 20.2 Å². The van der Waals surface area contributed by atoms with Crippen LogP contribution in [-0.2, 0) is 9.53 Å². The van der Waals surface area contributed by atoms with Gasteiger partial charge in [-0.3, -0.25) is 4.79 Å². The molecule has 0 saturated heterocycles. The summed E-state index contributed by atoms with van der Waals surface area (Å²) in [5, 5.41) is 2.14. The molecule has 0 spiro atoms. The zero-order valence-corrected chi connectivity index (χ0v) is 15.4. The molecule has 0 radical (unpaired) electrons. The van der Waals surface area contributed by atoms with E-state index in [9.17, 15) is 13.6 Å². The van der Waals surface area contributed by atoms with Crippen LogP contribution in [0, 0.1) is 11.6 Å². The van der Waals surface area contributed by atoms with E-state index in [0.29, 0.717) is 0 Å². The highest BCUT2D eigenvalue weighted by Crippen LogP contribution is 2.30. The van der Waals surface area contributed by atoms with Gasteiger partial charge < -0.3 is 9.64 Å². The minimum absolute atomic E-state index is 0.150. The number of likely N-dealkylation sites (N-methyl/N-ethyl adjacent to an activating group) is 1. The largest absolute Gasteiger partial charge is 0.367 e. The number of carbonyl (C=O) groups is 1. The molecule has 0 saturated carbocycles. The van der Waals surface area contributed by atoms with E-state index in [0.717, 1.165) is 34.5 Å². The lowest BCUT2D eigenvalue weighted by molar-refractivity contribution is -0.143. The molecule has 0 N–H and O–H groups in total. The summed E-state index contributed by atoms with van der Waals surface area (Å²) in [7, 11) is 3.01. The normalized spacial score (nSPS) is 13.4. The van der Waals surface area contributed by atoms with Crippen molar-refractivity contribution >= 4 is 16.7 Å². The molecule has 0 bridgehead atoms. The predicted molar refractivity (Wildman–Crippen MR) is 101 cm³/mol. The van der Waals surface area contributed by atoms with Crippen LogP contribution >= 0.6 is 0 Å². The number of carbonyl (C=O) groups excluding carboxylic acids is 1. The maximum atomic E-state index is 13.6. The highest BCUT2D eigenvalue weighted by atomic mass is 19.1. The second-order valence-electron chi connectivity index (χ2n) is 6.51. The Hall–Kier alpha value is -2.79. The monoisotopic (exact) mass is 369 g/mol. The number of benzene rings is 3. The molecule has 0 aromatic heterocycles. The minimum atomic E-state index is -1.09. The van der Waals surface area contributed by atoms with Gasteiger partial charge in [0.25, 0.3) is 5.91 Å². The predicted octanol–water partition coefficient (Wildman–Crippen LogP) is 5.03. The Kier molecular flexibility index (Phi) is 5.51. The molecular formula is C22H21F2NO2. The second kappa shape index (κ2) is 7.84. The van der Waals surface area contributed by atoms with Crippen molar-refractivity contribution in [2.75, 3.05) is 14.2 Å². The lowest BCUT2D eigenvalue weighted by Gasteiger charge is -2.29. The molecule has 0 aliphatic carbocycles. The Morgan fingerprint density at radius 3 is 2.30 bits per heavy atom. The van der Waals surface area contributed by atoms with Gasteiger partial charge in [-0.25, -0.2) is 8.78 Å². The Bertz CT molecular complexity index is 948. The zero-order valence-electron chi connectivity index (χ0n) is 15.4. The summed E-state index contributed by atoms with van der Waals surface area (Å²) in [6.45, 7) is 1.92. The van der Waals surface area contributed by atoms with E-state index in [4.69, 9.17) is 4.74 Å². The fraction of sp³-hybridized carbons (Fsp3) is 0.227. The van der Waals surface area contributed by atoms with Crippen molar-refractivity contribution in [1.82, 2.24) is 4.90 Å². The van der Waals surface area contributed by atoms with E-state index in [2.05, 4.69) is 0 Å². The first-order valence-electron chi connectivity index (χ1n) is 8.65. The highest BCUT2D eigenvalue weighted by Gasteiger charge is 2.28. The topological polar surface area (TPSA) is 29.5 Å². The molecule has 0 aliphatic rings. The number of nitrogens with zero attached hydrogens (tertiary/aromatic N) is 1. The molecule has 0 fully saturated rings. The van der Waals surface area contributed by atoms with Gasteiger partial charge in [-0.15, -0.1) is 0 Å².